The van der Waals surface area contributed by atoms with Crippen molar-refractivity contribution in [1.82, 2.24) is 9.80 Å². The van der Waals surface area contributed by atoms with E-state index >= 15 is 0 Å². The van der Waals surface area contributed by atoms with Crippen LogP contribution in [0.2, 0.25) is 0 Å². The summed E-state index contributed by atoms with van der Waals surface area (Å²) in [5.74, 6) is 0.843. The van der Waals surface area contributed by atoms with Gasteiger partial charge in [-0.25, -0.2) is 0 Å². The number of benzene rings is 2. The van der Waals surface area contributed by atoms with E-state index in [4.69, 9.17) is 15.2 Å². The van der Waals surface area contributed by atoms with Crippen molar-refractivity contribution in [3.63, 3.8) is 0 Å². The molecule has 1 fully saturated rings. The van der Waals surface area contributed by atoms with Crippen molar-refractivity contribution < 1.29 is 19.1 Å². The van der Waals surface area contributed by atoms with Gasteiger partial charge >= 0.3 is 0 Å². The minimum atomic E-state index is -1.10. The molecule has 0 saturated carbocycles. The topological polar surface area (TPSA) is 85.1 Å². The number of methoxy groups -OCH3 is 2. The molecule has 1 aliphatic heterocycles. The maximum absolute atomic E-state index is 13.0. The summed E-state index contributed by atoms with van der Waals surface area (Å²) in [6.07, 6.45) is 0. The zero-order valence-corrected chi connectivity index (χ0v) is 18.3. The fourth-order valence-electron chi connectivity index (χ4n) is 3.50. The number of carbonyl (C=O) groups is 2. The molecular formula is C22H28ClN3O4. The maximum Gasteiger partial charge on any atom is 0.254 e. The van der Waals surface area contributed by atoms with Crippen molar-refractivity contribution in [2.75, 3.05) is 40.4 Å². The third-order valence-corrected chi connectivity index (χ3v) is 5.30. The molecule has 0 radical (unpaired) electrons. The molecule has 1 saturated heterocycles. The highest BCUT2D eigenvalue weighted by molar-refractivity contribution is 5.95. The second kappa shape index (κ2) is 9.82. The minimum absolute atomic E-state index is 0. The summed E-state index contributed by atoms with van der Waals surface area (Å²) in [6.45, 7) is 3.51. The SMILES string of the molecule is COc1ccc(C(=O)N2CCN(C(=O)C(C)(N)c3ccccc3)CC2)cc1OC.Cl. The first-order valence-corrected chi connectivity index (χ1v) is 9.53. The van der Waals surface area contributed by atoms with E-state index in [0.29, 0.717) is 43.2 Å². The molecule has 8 heteroatoms. The van der Waals surface area contributed by atoms with E-state index in [0.717, 1.165) is 5.56 Å². The molecule has 0 bridgehead atoms. The first-order valence-electron chi connectivity index (χ1n) is 9.53. The van der Waals surface area contributed by atoms with Crippen LogP contribution >= 0.6 is 12.4 Å². The number of halogens is 1. The Bertz CT molecular complexity index is 881. The van der Waals surface area contributed by atoms with Gasteiger partial charge in [-0.15, -0.1) is 12.4 Å². The molecule has 2 aromatic carbocycles. The van der Waals surface area contributed by atoms with E-state index in [1.807, 2.05) is 30.3 Å². The van der Waals surface area contributed by atoms with Crippen molar-refractivity contribution in [3.05, 3.63) is 59.7 Å². The molecule has 0 aromatic heterocycles. The van der Waals surface area contributed by atoms with E-state index in [1.165, 1.54) is 7.11 Å². The van der Waals surface area contributed by atoms with E-state index < -0.39 is 5.54 Å². The number of carbonyl (C=O) groups excluding carboxylic acids is 2. The molecule has 1 unspecified atom stereocenters. The summed E-state index contributed by atoms with van der Waals surface area (Å²) < 4.78 is 10.5. The highest BCUT2D eigenvalue weighted by Gasteiger charge is 2.36. The van der Waals surface area contributed by atoms with Crippen molar-refractivity contribution in [2.45, 2.75) is 12.5 Å². The first kappa shape index (κ1) is 23.5. The van der Waals surface area contributed by atoms with Crippen LogP contribution in [0.15, 0.2) is 48.5 Å². The van der Waals surface area contributed by atoms with Gasteiger partial charge in [0.1, 0.15) is 5.54 Å². The van der Waals surface area contributed by atoms with Crippen LogP contribution in [0.5, 0.6) is 11.5 Å². The number of amides is 2. The lowest BCUT2D eigenvalue weighted by molar-refractivity contribution is -0.138. The van der Waals surface area contributed by atoms with Crippen LogP contribution in [0, 0.1) is 0 Å². The lowest BCUT2D eigenvalue weighted by Gasteiger charge is -2.38. The molecule has 1 aliphatic rings. The Kier molecular flexibility index (Phi) is 7.70. The summed E-state index contributed by atoms with van der Waals surface area (Å²) in [5, 5.41) is 0. The Morgan fingerprint density at radius 3 is 2.03 bits per heavy atom. The summed E-state index contributed by atoms with van der Waals surface area (Å²) in [5.41, 5.74) is 6.55. The third kappa shape index (κ3) is 4.68. The van der Waals surface area contributed by atoms with E-state index in [2.05, 4.69) is 0 Å². The van der Waals surface area contributed by atoms with Crippen LogP contribution < -0.4 is 15.2 Å². The smallest absolute Gasteiger partial charge is 0.254 e. The lowest BCUT2D eigenvalue weighted by atomic mass is 9.91. The predicted octanol–water partition coefficient (Wildman–Crippen LogP) is 2.28. The molecule has 7 nitrogen and oxygen atoms in total. The molecule has 1 heterocycles. The molecule has 2 N–H and O–H groups in total. The monoisotopic (exact) mass is 433 g/mol. The lowest BCUT2D eigenvalue weighted by Crippen LogP contribution is -2.57. The number of rotatable bonds is 5. The molecule has 0 aliphatic carbocycles. The fraction of sp³-hybridized carbons (Fsp3) is 0.364. The largest absolute Gasteiger partial charge is 0.493 e. The van der Waals surface area contributed by atoms with E-state index in [1.54, 1.807) is 42.0 Å². The highest BCUT2D eigenvalue weighted by Crippen LogP contribution is 2.28. The van der Waals surface area contributed by atoms with Crippen LogP contribution in [-0.4, -0.2) is 62.0 Å². The molecule has 0 spiro atoms. The Hall–Kier alpha value is -2.77. The number of ether oxygens (including phenoxy) is 2. The van der Waals surface area contributed by atoms with Gasteiger partial charge in [-0.1, -0.05) is 30.3 Å². The van der Waals surface area contributed by atoms with Gasteiger partial charge in [-0.3, -0.25) is 9.59 Å². The molecule has 162 valence electrons. The summed E-state index contributed by atoms with van der Waals surface area (Å²) in [7, 11) is 3.09. The molecule has 30 heavy (non-hydrogen) atoms. The van der Waals surface area contributed by atoms with Crippen LogP contribution in [0.1, 0.15) is 22.8 Å². The van der Waals surface area contributed by atoms with Gasteiger partial charge in [0.2, 0.25) is 5.91 Å². The van der Waals surface area contributed by atoms with Gasteiger partial charge in [-0.2, -0.15) is 0 Å². The quantitative estimate of drug-likeness (QED) is 0.781. The van der Waals surface area contributed by atoms with Crippen molar-refractivity contribution in [3.8, 4) is 11.5 Å². The molecule has 2 aromatic rings. The number of piperazine rings is 1. The Morgan fingerprint density at radius 2 is 1.47 bits per heavy atom. The van der Waals surface area contributed by atoms with Crippen molar-refractivity contribution in [1.29, 1.82) is 0 Å². The van der Waals surface area contributed by atoms with Gasteiger partial charge in [0, 0.05) is 31.7 Å². The number of nitrogens with zero attached hydrogens (tertiary/aromatic N) is 2. The first-order chi connectivity index (χ1) is 13.9. The highest BCUT2D eigenvalue weighted by atomic mass is 35.5. The van der Waals surface area contributed by atoms with E-state index in [9.17, 15) is 9.59 Å². The maximum atomic E-state index is 13.0. The van der Waals surface area contributed by atoms with Crippen LogP contribution in [0.3, 0.4) is 0 Å². The number of hydrogen-bond donors (Lipinski definition) is 1. The average Bonchev–Trinajstić information content (AvgIpc) is 2.78. The predicted molar refractivity (Wildman–Crippen MR) is 117 cm³/mol. The number of nitrogens with two attached hydrogens (primary N) is 1. The zero-order valence-electron chi connectivity index (χ0n) is 17.5. The Balaban J connectivity index is 0.00000320. The van der Waals surface area contributed by atoms with Crippen LogP contribution in [0.4, 0.5) is 0 Å². The zero-order chi connectivity index (χ0) is 21.0. The number of hydrogen-bond acceptors (Lipinski definition) is 5. The minimum Gasteiger partial charge on any atom is -0.493 e. The summed E-state index contributed by atoms with van der Waals surface area (Å²) >= 11 is 0. The molecule has 3 rings (SSSR count). The molecule has 2 amide bonds. The average molecular weight is 434 g/mol. The Morgan fingerprint density at radius 1 is 0.900 bits per heavy atom. The van der Waals surface area contributed by atoms with E-state index in [-0.39, 0.29) is 24.2 Å². The van der Waals surface area contributed by atoms with Gasteiger partial charge in [0.15, 0.2) is 11.5 Å². The van der Waals surface area contributed by atoms with Gasteiger partial charge in [0.25, 0.3) is 5.91 Å². The fourth-order valence-corrected chi connectivity index (χ4v) is 3.50. The standard InChI is InChI=1S/C22H27N3O4.ClH/c1-22(23,17-7-5-4-6-8-17)21(27)25-13-11-24(12-14-25)20(26)16-9-10-18(28-2)19(15-16)29-3;/h4-10,15H,11-14,23H2,1-3H3;1H. The van der Waals surface area contributed by atoms with Gasteiger partial charge in [-0.05, 0) is 30.7 Å². The van der Waals surface area contributed by atoms with Crippen molar-refractivity contribution >= 4 is 24.2 Å². The molecular weight excluding hydrogens is 406 g/mol. The van der Waals surface area contributed by atoms with Gasteiger partial charge in [0.05, 0.1) is 14.2 Å². The second-order valence-electron chi connectivity index (χ2n) is 7.22. The third-order valence-electron chi connectivity index (χ3n) is 5.30. The summed E-state index contributed by atoms with van der Waals surface area (Å²) in [4.78, 5) is 29.3. The van der Waals surface area contributed by atoms with Crippen LogP contribution in [-0.2, 0) is 10.3 Å². The van der Waals surface area contributed by atoms with Gasteiger partial charge < -0.3 is 25.0 Å². The second-order valence-corrected chi connectivity index (χ2v) is 7.22. The van der Waals surface area contributed by atoms with Crippen LogP contribution in [0.25, 0.3) is 0 Å². The Labute approximate surface area is 183 Å². The summed E-state index contributed by atoms with van der Waals surface area (Å²) in [6, 6.07) is 14.4. The molecule has 1 atom stereocenters. The van der Waals surface area contributed by atoms with Crippen molar-refractivity contribution in [2.24, 2.45) is 5.73 Å². The normalized spacial score (nSPS) is 15.6.